The Hall–Kier alpha value is -4.02. The molecule has 4 rings (SSSR count). The molecule has 0 saturated carbocycles. The average Bonchev–Trinajstić information content (AvgIpc) is 3.54. The Balaban J connectivity index is 1.91. The van der Waals surface area contributed by atoms with E-state index in [0.717, 1.165) is 13.0 Å². The lowest BCUT2D eigenvalue weighted by atomic mass is 10.0. The fourth-order valence-electron chi connectivity index (χ4n) is 3.86. The maximum absolute atomic E-state index is 13.7. The number of rotatable bonds is 7. The topological polar surface area (TPSA) is 121 Å². The Morgan fingerprint density at radius 2 is 1.77 bits per heavy atom. The molecule has 0 bridgehead atoms. The lowest BCUT2D eigenvalue weighted by Gasteiger charge is -2.17. The van der Waals surface area contributed by atoms with Crippen molar-refractivity contribution in [2.45, 2.75) is 38.9 Å². The molecule has 0 radical (unpaired) electrons. The van der Waals surface area contributed by atoms with Crippen LogP contribution in [0.5, 0.6) is 0 Å². The Bertz CT molecular complexity index is 1590. The zero-order valence-corrected chi connectivity index (χ0v) is 21.0. The van der Waals surface area contributed by atoms with E-state index in [4.69, 9.17) is 5.73 Å². The predicted octanol–water partition coefficient (Wildman–Crippen LogP) is 5.39. The van der Waals surface area contributed by atoms with E-state index in [2.05, 4.69) is 20.5 Å². The number of nitrogens with one attached hydrogen (secondary N) is 1. The lowest BCUT2D eigenvalue weighted by Crippen LogP contribution is -2.27. The Morgan fingerprint density at radius 1 is 1.10 bits per heavy atom. The largest absolute Gasteiger partial charge is 0.433 e. The highest BCUT2D eigenvalue weighted by Crippen LogP contribution is 2.44. The summed E-state index contributed by atoms with van der Waals surface area (Å²) in [6.07, 6.45) is -10.0. The number of nitrogens with two attached hydrogens (primary N) is 1. The number of carbonyl (C=O) groups is 2. The van der Waals surface area contributed by atoms with Gasteiger partial charge in [-0.3, -0.25) is 19.0 Å². The molecule has 0 saturated heterocycles. The van der Waals surface area contributed by atoms with Gasteiger partial charge in [-0.05, 0) is 31.5 Å². The van der Waals surface area contributed by atoms with Crippen LogP contribution in [-0.4, -0.2) is 36.4 Å². The second kappa shape index (κ2) is 9.94. The van der Waals surface area contributed by atoms with Gasteiger partial charge >= 0.3 is 6.18 Å². The third-order valence-electron chi connectivity index (χ3n) is 5.93. The Morgan fingerprint density at radius 3 is 2.28 bits per heavy atom. The number of nitrogens with zero attached hydrogens (tertiary/aromatic N) is 5. The molecule has 1 unspecified atom stereocenters. The molecule has 0 aliphatic carbocycles. The first-order valence-electron chi connectivity index (χ1n) is 10.9. The highest BCUT2D eigenvalue weighted by Gasteiger charge is 2.36. The maximum atomic E-state index is 13.7. The van der Waals surface area contributed by atoms with E-state index in [9.17, 15) is 40.3 Å². The minimum absolute atomic E-state index is 0.0822. The third-order valence-corrected chi connectivity index (χ3v) is 7.03. The van der Waals surface area contributed by atoms with E-state index >= 15 is 0 Å². The predicted molar refractivity (Wildman–Crippen MR) is 126 cm³/mol. The van der Waals surface area contributed by atoms with Crippen LogP contribution in [-0.2, 0) is 18.0 Å². The minimum atomic E-state index is -4.87. The molecule has 208 valence electrons. The minimum Gasteiger partial charge on any atom is -0.365 e. The molecular formula is C22H18F7N7O2S. The molecular weight excluding hydrogens is 559 g/mol. The second-order valence-corrected chi connectivity index (χ2v) is 9.37. The van der Waals surface area contributed by atoms with Gasteiger partial charge in [-0.25, -0.2) is 22.5 Å². The first-order chi connectivity index (χ1) is 18.1. The van der Waals surface area contributed by atoms with Crippen LogP contribution in [0.25, 0.3) is 21.3 Å². The summed E-state index contributed by atoms with van der Waals surface area (Å²) in [5.41, 5.74) is 2.47. The Kier molecular flexibility index (Phi) is 7.14. The number of halogens is 7. The van der Waals surface area contributed by atoms with Crippen molar-refractivity contribution in [1.82, 2.24) is 24.5 Å². The van der Waals surface area contributed by atoms with Gasteiger partial charge in [-0.2, -0.15) is 23.4 Å². The van der Waals surface area contributed by atoms with Crippen LogP contribution in [0.1, 0.15) is 58.3 Å². The molecule has 39 heavy (non-hydrogen) atoms. The SMILES string of the molecule is Cc1c(-c2cc(C(F)(F)F)nc3sc(C(N)=O)c(NC(=O)C(C)n4nc(C(F)F)cc4C(F)F)c23)cnn1C. The van der Waals surface area contributed by atoms with Crippen molar-refractivity contribution < 1.29 is 40.3 Å². The number of anilines is 1. The third kappa shape index (κ3) is 5.05. The number of primary amides is 1. The van der Waals surface area contributed by atoms with Crippen LogP contribution in [0.15, 0.2) is 18.3 Å². The van der Waals surface area contributed by atoms with Crippen molar-refractivity contribution >= 4 is 39.1 Å². The van der Waals surface area contributed by atoms with E-state index in [-0.39, 0.29) is 31.9 Å². The van der Waals surface area contributed by atoms with Crippen molar-refractivity contribution in [3.8, 4) is 11.1 Å². The van der Waals surface area contributed by atoms with Gasteiger partial charge < -0.3 is 11.1 Å². The molecule has 0 aliphatic rings. The maximum Gasteiger partial charge on any atom is 0.433 e. The summed E-state index contributed by atoms with van der Waals surface area (Å²) < 4.78 is 96.0. The van der Waals surface area contributed by atoms with E-state index in [0.29, 0.717) is 27.8 Å². The van der Waals surface area contributed by atoms with Gasteiger partial charge in [0.25, 0.3) is 18.8 Å². The summed E-state index contributed by atoms with van der Waals surface area (Å²) in [4.78, 5) is 28.3. The van der Waals surface area contributed by atoms with Gasteiger partial charge in [0.1, 0.15) is 32.8 Å². The molecule has 0 aromatic carbocycles. The molecule has 9 nitrogen and oxygen atoms in total. The molecule has 4 aromatic heterocycles. The van der Waals surface area contributed by atoms with Crippen molar-refractivity contribution in [1.29, 1.82) is 0 Å². The number of aryl methyl sites for hydroxylation is 1. The summed E-state index contributed by atoms with van der Waals surface area (Å²) in [5, 5.41) is 9.70. The number of fused-ring (bicyclic) bond motifs is 1. The molecule has 4 aromatic rings. The Labute approximate surface area is 218 Å². The number of hydrogen-bond donors (Lipinski definition) is 2. The summed E-state index contributed by atoms with van der Waals surface area (Å²) in [6.45, 7) is 2.67. The molecule has 0 aliphatic heterocycles. The molecule has 0 spiro atoms. The molecule has 1 atom stereocenters. The summed E-state index contributed by atoms with van der Waals surface area (Å²) in [5.74, 6) is -2.20. The number of aromatic nitrogens is 5. The van der Waals surface area contributed by atoms with Crippen LogP contribution in [0, 0.1) is 6.92 Å². The van der Waals surface area contributed by atoms with E-state index in [1.807, 2.05) is 0 Å². The van der Waals surface area contributed by atoms with Crippen LogP contribution in [0.3, 0.4) is 0 Å². The van der Waals surface area contributed by atoms with E-state index in [1.54, 1.807) is 14.0 Å². The number of alkyl halides is 7. The molecule has 3 N–H and O–H groups in total. The quantitative estimate of drug-likeness (QED) is 0.285. The number of hydrogen-bond acceptors (Lipinski definition) is 6. The van der Waals surface area contributed by atoms with Crippen LogP contribution in [0.2, 0.25) is 0 Å². The van der Waals surface area contributed by atoms with Crippen LogP contribution >= 0.6 is 11.3 Å². The zero-order valence-electron chi connectivity index (χ0n) is 20.1. The van der Waals surface area contributed by atoms with Gasteiger partial charge in [-0.1, -0.05) is 0 Å². The van der Waals surface area contributed by atoms with Crippen molar-refractivity contribution in [3.63, 3.8) is 0 Å². The number of amides is 2. The van der Waals surface area contributed by atoms with Gasteiger partial charge in [-0.15, -0.1) is 11.3 Å². The van der Waals surface area contributed by atoms with Gasteiger partial charge in [0.15, 0.2) is 0 Å². The molecule has 2 amide bonds. The normalized spacial score (nSPS) is 13.0. The van der Waals surface area contributed by atoms with Crippen LogP contribution < -0.4 is 11.1 Å². The van der Waals surface area contributed by atoms with E-state index in [1.165, 1.54) is 10.9 Å². The number of pyridine rings is 1. The molecule has 0 fully saturated rings. The highest BCUT2D eigenvalue weighted by molar-refractivity contribution is 7.21. The molecule has 4 heterocycles. The first kappa shape index (κ1) is 28.0. The van der Waals surface area contributed by atoms with E-state index < -0.39 is 54.0 Å². The van der Waals surface area contributed by atoms with Crippen molar-refractivity contribution in [2.24, 2.45) is 12.8 Å². The highest BCUT2D eigenvalue weighted by atomic mass is 32.1. The second-order valence-electron chi connectivity index (χ2n) is 8.38. The monoisotopic (exact) mass is 577 g/mol. The summed E-state index contributed by atoms with van der Waals surface area (Å²) >= 11 is 0.480. The first-order valence-corrected chi connectivity index (χ1v) is 11.7. The van der Waals surface area contributed by atoms with Crippen molar-refractivity contribution in [2.75, 3.05) is 5.32 Å². The van der Waals surface area contributed by atoms with Gasteiger partial charge in [0, 0.05) is 23.7 Å². The lowest BCUT2D eigenvalue weighted by molar-refractivity contribution is -0.140. The number of carbonyl (C=O) groups excluding carboxylic acids is 2. The molecule has 17 heteroatoms. The fraction of sp³-hybridized carbons (Fsp3) is 0.318. The van der Waals surface area contributed by atoms with Gasteiger partial charge in [0.05, 0.1) is 11.9 Å². The number of thiophene rings is 1. The van der Waals surface area contributed by atoms with Crippen LogP contribution in [0.4, 0.5) is 36.4 Å². The summed E-state index contributed by atoms with van der Waals surface area (Å²) in [7, 11) is 1.55. The van der Waals surface area contributed by atoms with Crippen molar-refractivity contribution in [3.05, 3.63) is 46.0 Å². The zero-order chi connectivity index (χ0) is 29.0. The smallest absolute Gasteiger partial charge is 0.365 e. The standard InChI is InChI=1S/C22H18F7N7O2S/c1-7-10(6-31-35(7)3)9-4-13(22(27,28)29)32-21-14(9)15(16(39-21)19(30)37)33-20(38)8(2)36-12(18(25)26)5-11(34-36)17(23)24/h4-6,8,17-18H,1-3H3,(H2,30,37)(H,33,38). The average molecular weight is 577 g/mol. The summed E-state index contributed by atoms with van der Waals surface area (Å²) in [6, 6.07) is -0.428. The fourth-order valence-corrected chi connectivity index (χ4v) is 4.87. The van der Waals surface area contributed by atoms with Gasteiger partial charge in [0.2, 0.25) is 5.91 Å².